The molecule has 0 fully saturated rings. The molecule has 0 saturated carbocycles. The van der Waals surface area contributed by atoms with Crippen molar-refractivity contribution in [3.05, 3.63) is 77.2 Å². The molecule has 0 aliphatic carbocycles. The second-order valence-electron chi connectivity index (χ2n) is 6.13. The van der Waals surface area contributed by atoms with Crippen molar-refractivity contribution in [1.82, 2.24) is 19.3 Å². The quantitative estimate of drug-likeness (QED) is 0.553. The van der Waals surface area contributed by atoms with Crippen molar-refractivity contribution in [2.75, 3.05) is 0 Å². The highest BCUT2D eigenvalue weighted by Crippen LogP contribution is 2.21. The van der Waals surface area contributed by atoms with Crippen molar-refractivity contribution >= 4 is 21.1 Å². The molecule has 1 N–H and O–H groups in total. The number of sulfonamides is 1. The van der Waals surface area contributed by atoms with E-state index < -0.39 is 15.8 Å². The number of nitrogens with zero attached hydrogens (tertiary/aromatic N) is 3. The van der Waals surface area contributed by atoms with Crippen LogP contribution in [0.15, 0.2) is 75.2 Å². The molecule has 142 valence electrons. The minimum absolute atomic E-state index is 0.0446. The maximum atomic E-state index is 12.8. The fourth-order valence-electron chi connectivity index (χ4n) is 2.87. The summed E-state index contributed by atoms with van der Waals surface area (Å²) >= 11 is 0. The predicted octanol–water partition coefficient (Wildman–Crippen LogP) is 2.07. The minimum atomic E-state index is -3.81. The van der Waals surface area contributed by atoms with E-state index in [1.54, 1.807) is 36.8 Å². The predicted molar refractivity (Wildman–Crippen MR) is 103 cm³/mol. The molecule has 0 spiro atoms. The number of rotatable bonds is 5. The van der Waals surface area contributed by atoms with Gasteiger partial charge in [-0.1, -0.05) is 6.07 Å². The summed E-state index contributed by atoms with van der Waals surface area (Å²) in [5.41, 5.74) is 2.91. The van der Waals surface area contributed by atoms with E-state index in [1.807, 2.05) is 6.07 Å². The van der Waals surface area contributed by atoms with E-state index in [1.165, 1.54) is 29.8 Å². The molecule has 9 heteroatoms. The van der Waals surface area contributed by atoms with Gasteiger partial charge in [0.2, 0.25) is 10.0 Å². The van der Waals surface area contributed by atoms with Gasteiger partial charge in [0.05, 0.1) is 16.1 Å². The van der Waals surface area contributed by atoms with Gasteiger partial charge in [0.25, 0.3) is 0 Å². The molecule has 0 aliphatic heterocycles. The largest absolute Gasteiger partial charge is 0.419 e. The van der Waals surface area contributed by atoms with E-state index in [9.17, 15) is 13.2 Å². The Labute approximate surface area is 160 Å². The molecule has 28 heavy (non-hydrogen) atoms. The highest BCUT2D eigenvalue weighted by molar-refractivity contribution is 7.89. The van der Waals surface area contributed by atoms with E-state index in [4.69, 9.17) is 4.42 Å². The molecule has 0 aliphatic rings. The molecule has 4 aromatic rings. The third kappa shape index (κ3) is 3.32. The highest BCUT2D eigenvalue weighted by Gasteiger charge is 2.18. The first kappa shape index (κ1) is 18.1. The van der Waals surface area contributed by atoms with Crippen LogP contribution >= 0.6 is 0 Å². The molecule has 0 bridgehead atoms. The van der Waals surface area contributed by atoms with E-state index in [0.717, 1.165) is 11.1 Å². The topological polar surface area (TPSA) is 107 Å². The summed E-state index contributed by atoms with van der Waals surface area (Å²) in [5, 5.41) is 0. The van der Waals surface area contributed by atoms with Gasteiger partial charge < -0.3 is 4.42 Å². The van der Waals surface area contributed by atoms with E-state index in [0.29, 0.717) is 16.8 Å². The Morgan fingerprint density at radius 2 is 1.96 bits per heavy atom. The number of hydrogen-bond acceptors (Lipinski definition) is 6. The van der Waals surface area contributed by atoms with Crippen LogP contribution < -0.4 is 10.5 Å². The number of aryl methyl sites for hydroxylation is 1. The van der Waals surface area contributed by atoms with Crippen molar-refractivity contribution in [3.63, 3.8) is 0 Å². The first-order valence-corrected chi connectivity index (χ1v) is 9.87. The molecule has 3 aromatic heterocycles. The third-order valence-corrected chi connectivity index (χ3v) is 5.75. The lowest BCUT2D eigenvalue weighted by Gasteiger charge is -2.10. The molecular formula is C19H16N4O4S. The number of oxazole rings is 1. The smallest absolute Gasteiger partial charge is 0.408 e. The summed E-state index contributed by atoms with van der Waals surface area (Å²) in [7, 11) is -2.29. The van der Waals surface area contributed by atoms with E-state index in [-0.39, 0.29) is 11.4 Å². The van der Waals surface area contributed by atoms with Gasteiger partial charge in [-0.15, -0.1) is 0 Å². The normalized spacial score (nSPS) is 11.8. The number of fused-ring (bicyclic) bond motifs is 1. The number of nitrogens with one attached hydrogen (secondary N) is 1. The lowest BCUT2D eigenvalue weighted by Crippen LogP contribution is -2.23. The highest BCUT2D eigenvalue weighted by atomic mass is 32.2. The number of aromatic nitrogens is 3. The first-order valence-electron chi connectivity index (χ1n) is 8.39. The second kappa shape index (κ2) is 7.02. The molecule has 0 atom stereocenters. The zero-order chi connectivity index (χ0) is 19.7. The number of benzene rings is 1. The van der Waals surface area contributed by atoms with Crippen LogP contribution in [0.3, 0.4) is 0 Å². The molecule has 0 amide bonds. The first-order chi connectivity index (χ1) is 13.5. The zero-order valence-electron chi connectivity index (χ0n) is 14.9. The maximum absolute atomic E-state index is 12.8. The van der Waals surface area contributed by atoms with Crippen molar-refractivity contribution in [2.45, 2.75) is 11.4 Å². The minimum Gasteiger partial charge on any atom is -0.408 e. The third-order valence-electron chi connectivity index (χ3n) is 4.35. The Bertz CT molecular complexity index is 1310. The molecule has 3 heterocycles. The molecule has 8 nitrogen and oxygen atoms in total. The van der Waals surface area contributed by atoms with Gasteiger partial charge in [-0.3, -0.25) is 14.5 Å². The standard InChI is InChI=1S/C19H16N4O4S/c1-23-16-10-15(6-7-17(16)27-19(23)24)28(25,26)22-12-14-5-3-9-21-18(14)13-4-2-8-20-11-13/h2-11,22H,12H2,1H3. The second-order valence-corrected chi connectivity index (χ2v) is 7.90. The SMILES string of the molecule is Cn1c(=O)oc2ccc(S(=O)(=O)NCc3cccnc3-c3cccnc3)cc21. The van der Waals surface area contributed by atoms with Crippen molar-refractivity contribution in [3.8, 4) is 11.3 Å². The van der Waals surface area contributed by atoms with Crippen LogP contribution in [0, 0.1) is 0 Å². The van der Waals surface area contributed by atoms with E-state index in [2.05, 4.69) is 14.7 Å². The fraction of sp³-hybridized carbons (Fsp3) is 0.105. The van der Waals surface area contributed by atoms with Crippen LogP contribution in [0.1, 0.15) is 5.56 Å². The molecular weight excluding hydrogens is 380 g/mol. The molecule has 0 radical (unpaired) electrons. The number of hydrogen-bond donors (Lipinski definition) is 1. The van der Waals surface area contributed by atoms with Gasteiger partial charge in [0, 0.05) is 37.7 Å². The fourth-order valence-corrected chi connectivity index (χ4v) is 3.90. The lowest BCUT2D eigenvalue weighted by atomic mass is 10.1. The van der Waals surface area contributed by atoms with Gasteiger partial charge in [0.1, 0.15) is 0 Å². The Morgan fingerprint density at radius 3 is 2.75 bits per heavy atom. The summed E-state index contributed by atoms with van der Waals surface area (Å²) in [4.78, 5) is 20.1. The summed E-state index contributed by atoms with van der Waals surface area (Å²) in [6.07, 6.45) is 4.98. The molecule has 0 unspecified atom stereocenters. The summed E-state index contributed by atoms with van der Waals surface area (Å²) in [6.45, 7) is 0.0583. The average Bonchev–Trinajstić information content (AvgIpc) is 3.01. The molecule has 0 saturated heterocycles. The van der Waals surface area contributed by atoms with Crippen LogP contribution in [0.2, 0.25) is 0 Å². The van der Waals surface area contributed by atoms with Gasteiger partial charge in [0.15, 0.2) is 5.58 Å². The Hall–Kier alpha value is -3.30. The van der Waals surface area contributed by atoms with Crippen LogP contribution in [0.4, 0.5) is 0 Å². The van der Waals surface area contributed by atoms with Crippen LogP contribution in [0.5, 0.6) is 0 Å². The van der Waals surface area contributed by atoms with Gasteiger partial charge in [-0.05, 0) is 42.0 Å². The Morgan fingerprint density at radius 1 is 1.14 bits per heavy atom. The van der Waals surface area contributed by atoms with Gasteiger partial charge in [-0.25, -0.2) is 17.9 Å². The van der Waals surface area contributed by atoms with Crippen molar-refractivity contribution in [1.29, 1.82) is 0 Å². The Balaban J connectivity index is 1.64. The molecule has 1 aromatic carbocycles. The van der Waals surface area contributed by atoms with Crippen molar-refractivity contribution < 1.29 is 12.8 Å². The number of pyridine rings is 2. The van der Waals surface area contributed by atoms with E-state index >= 15 is 0 Å². The average molecular weight is 396 g/mol. The van der Waals surface area contributed by atoms with Gasteiger partial charge in [-0.2, -0.15) is 0 Å². The van der Waals surface area contributed by atoms with Crippen LogP contribution in [-0.2, 0) is 23.6 Å². The Kier molecular flexibility index (Phi) is 4.54. The maximum Gasteiger partial charge on any atom is 0.419 e. The monoisotopic (exact) mass is 396 g/mol. The van der Waals surface area contributed by atoms with Crippen LogP contribution in [-0.4, -0.2) is 23.0 Å². The summed E-state index contributed by atoms with van der Waals surface area (Å²) < 4.78 is 34.4. The summed E-state index contributed by atoms with van der Waals surface area (Å²) in [6, 6.07) is 11.5. The lowest BCUT2D eigenvalue weighted by molar-refractivity contribution is 0.528. The molecule has 4 rings (SSSR count). The van der Waals surface area contributed by atoms with Crippen LogP contribution in [0.25, 0.3) is 22.4 Å². The van der Waals surface area contributed by atoms with Gasteiger partial charge >= 0.3 is 5.76 Å². The van der Waals surface area contributed by atoms with Crippen molar-refractivity contribution in [2.24, 2.45) is 7.05 Å². The summed E-state index contributed by atoms with van der Waals surface area (Å²) in [5.74, 6) is -0.547. The zero-order valence-corrected chi connectivity index (χ0v) is 15.7.